The Morgan fingerprint density at radius 3 is 2.25 bits per heavy atom. The lowest BCUT2D eigenvalue weighted by molar-refractivity contribution is 0.145. The molecule has 2 aliphatic rings. The molecule has 3 rings (SSSR count). The molecule has 2 N–H and O–H groups in total. The van der Waals surface area contributed by atoms with Gasteiger partial charge in [0.25, 0.3) is 0 Å². The lowest BCUT2D eigenvalue weighted by Crippen LogP contribution is -2.27. The molecule has 7 nitrogen and oxygen atoms in total. The van der Waals surface area contributed by atoms with Gasteiger partial charge >= 0.3 is 12.2 Å². The molecule has 0 saturated carbocycles. The molecule has 2 saturated heterocycles. The van der Waals surface area contributed by atoms with Gasteiger partial charge in [-0.15, -0.1) is 0 Å². The summed E-state index contributed by atoms with van der Waals surface area (Å²) in [7, 11) is 0. The van der Waals surface area contributed by atoms with Gasteiger partial charge in [0.2, 0.25) is 0 Å². The number of nitrogens with zero attached hydrogens (tertiary/aromatic N) is 2. The number of anilines is 2. The quantitative estimate of drug-likeness (QED) is 0.888. The third-order valence-electron chi connectivity index (χ3n) is 3.37. The fourth-order valence-electron chi connectivity index (χ4n) is 2.30. The van der Waals surface area contributed by atoms with Crippen LogP contribution in [0, 0.1) is 0 Å². The van der Waals surface area contributed by atoms with Crippen LogP contribution in [0.25, 0.3) is 0 Å². The predicted molar refractivity (Wildman–Crippen MR) is 71.8 cm³/mol. The van der Waals surface area contributed by atoms with E-state index >= 15 is 0 Å². The van der Waals surface area contributed by atoms with Gasteiger partial charge in [-0.1, -0.05) is 0 Å². The van der Waals surface area contributed by atoms with E-state index in [-0.39, 0.29) is 12.2 Å². The second-order valence-corrected chi connectivity index (χ2v) is 4.63. The molecule has 0 spiro atoms. The molecule has 1 atom stereocenters. The fraction of sp³-hybridized carbons (Fsp3) is 0.385. The highest BCUT2D eigenvalue weighted by Gasteiger charge is 2.31. The van der Waals surface area contributed by atoms with Crippen LogP contribution in [0.1, 0.15) is 0 Å². The van der Waals surface area contributed by atoms with Crippen molar-refractivity contribution in [1.82, 2.24) is 0 Å². The van der Waals surface area contributed by atoms with Gasteiger partial charge in [0.05, 0.1) is 13.1 Å². The normalized spacial score (nSPS) is 22.1. The molecule has 0 unspecified atom stereocenters. The summed E-state index contributed by atoms with van der Waals surface area (Å²) < 4.78 is 9.99. The number of hydrogen-bond acceptors (Lipinski definition) is 5. The highest BCUT2D eigenvalue weighted by atomic mass is 16.6. The van der Waals surface area contributed by atoms with E-state index in [1.54, 1.807) is 29.2 Å². The van der Waals surface area contributed by atoms with Crippen molar-refractivity contribution >= 4 is 23.6 Å². The minimum Gasteiger partial charge on any atom is -0.447 e. The number of carbonyl (C=O) groups excluding carboxylic acids is 2. The number of nitrogens with two attached hydrogens (primary N) is 1. The van der Waals surface area contributed by atoms with Crippen LogP contribution in [0.2, 0.25) is 0 Å². The molecule has 2 fully saturated rings. The van der Waals surface area contributed by atoms with E-state index in [4.69, 9.17) is 15.2 Å². The Hall–Kier alpha value is -2.28. The maximum Gasteiger partial charge on any atom is 0.414 e. The Kier molecular flexibility index (Phi) is 3.19. The molecular weight excluding hydrogens is 262 g/mol. The zero-order valence-corrected chi connectivity index (χ0v) is 10.8. The number of hydrogen-bond donors (Lipinski definition) is 1. The maximum absolute atomic E-state index is 11.7. The first-order chi connectivity index (χ1) is 9.69. The average molecular weight is 277 g/mol. The molecule has 2 heterocycles. The summed E-state index contributed by atoms with van der Waals surface area (Å²) in [6, 6.07) is 7.12. The molecule has 0 radical (unpaired) electrons. The van der Waals surface area contributed by atoms with Crippen LogP contribution in [-0.4, -0.2) is 44.5 Å². The Labute approximate surface area is 115 Å². The first-order valence-electron chi connectivity index (χ1n) is 6.41. The summed E-state index contributed by atoms with van der Waals surface area (Å²) in [5.74, 6) is 0. The van der Waals surface area contributed by atoms with Crippen molar-refractivity contribution in [1.29, 1.82) is 0 Å². The predicted octanol–water partition coefficient (Wildman–Crippen LogP) is 0.927. The Bertz CT molecular complexity index is 531. The molecule has 2 aliphatic heterocycles. The van der Waals surface area contributed by atoms with E-state index in [0.29, 0.717) is 26.2 Å². The molecule has 0 aliphatic carbocycles. The zero-order valence-electron chi connectivity index (χ0n) is 10.8. The lowest BCUT2D eigenvalue weighted by Gasteiger charge is -2.16. The summed E-state index contributed by atoms with van der Waals surface area (Å²) in [4.78, 5) is 26.2. The maximum atomic E-state index is 11.7. The number of benzene rings is 1. The van der Waals surface area contributed by atoms with Gasteiger partial charge in [-0.25, -0.2) is 9.59 Å². The monoisotopic (exact) mass is 277 g/mol. The second kappa shape index (κ2) is 5.01. The van der Waals surface area contributed by atoms with Gasteiger partial charge in [0.1, 0.15) is 12.7 Å². The summed E-state index contributed by atoms with van der Waals surface area (Å²) in [5, 5.41) is 0. The van der Waals surface area contributed by atoms with Crippen molar-refractivity contribution < 1.29 is 19.1 Å². The van der Waals surface area contributed by atoms with Crippen molar-refractivity contribution in [2.24, 2.45) is 5.73 Å². The third-order valence-corrected chi connectivity index (χ3v) is 3.37. The SMILES string of the molecule is NC[C@@H]1CN(c2ccc(N3CCOC3=O)cc2)C(=O)O1. The van der Waals surface area contributed by atoms with Crippen molar-refractivity contribution in [2.75, 3.05) is 36.0 Å². The van der Waals surface area contributed by atoms with Gasteiger partial charge in [0, 0.05) is 17.9 Å². The van der Waals surface area contributed by atoms with E-state index in [2.05, 4.69) is 0 Å². The Morgan fingerprint density at radius 1 is 1.10 bits per heavy atom. The van der Waals surface area contributed by atoms with Crippen molar-refractivity contribution in [3.05, 3.63) is 24.3 Å². The molecule has 0 bridgehead atoms. The fourth-order valence-corrected chi connectivity index (χ4v) is 2.30. The van der Waals surface area contributed by atoms with Crippen LogP contribution in [0.15, 0.2) is 24.3 Å². The number of cyclic esters (lactones) is 2. The van der Waals surface area contributed by atoms with E-state index in [9.17, 15) is 9.59 Å². The smallest absolute Gasteiger partial charge is 0.414 e. The van der Waals surface area contributed by atoms with Crippen LogP contribution >= 0.6 is 0 Å². The largest absolute Gasteiger partial charge is 0.447 e. The summed E-state index contributed by atoms with van der Waals surface area (Å²) in [5.41, 5.74) is 6.97. The standard InChI is InChI=1S/C13H15N3O4/c14-7-11-8-16(13(18)20-11)10-3-1-9(2-4-10)15-5-6-19-12(15)17/h1-4,11H,5-8,14H2/t11-/m1/s1. The van der Waals surface area contributed by atoms with Crippen LogP contribution < -0.4 is 15.5 Å². The zero-order chi connectivity index (χ0) is 14.1. The van der Waals surface area contributed by atoms with E-state index in [1.165, 1.54) is 4.90 Å². The average Bonchev–Trinajstić information content (AvgIpc) is 3.05. The van der Waals surface area contributed by atoms with E-state index in [0.717, 1.165) is 11.4 Å². The molecular formula is C13H15N3O4. The topological polar surface area (TPSA) is 85.1 Å². The Balaban J connectivity index is 1.76. The first-order valence-corrected chi connectivity index (χ1v) is 6.41. The summed E-state index contributed by atoms with van der Waals surface area (Å²) in [6.45, 7) is 1.69. The van der Waals surface area contributed by atoms with Crippen molar-refractivity contribution in [3.63, 3.8) is 0 Å². The van der Waals surface area contributed by atoms with Crippen LogP contribution in [-0.2, 0) is 9.47 Å². The van der Waals surface area contributed by atoms with Gasteiger partial charge in [0.15, 0.2) is 0 Å². The number of ether oxygens (including phenoxy) is 2. The van der Waals surface area contributed by atoms with Crippen molar-refractivity contribution in [2.45, 2.75) is 6.10 Å². The molecule has 106 valence electrons. The van der Waals surface area contributed by atoms with Crippen LogP contribution in [0.4, 0.5) is 21.0 Å². The molecule has 7 heteroatoms. The number of carbonyl (C=O) groups is 2. The van der Waals surface area contributed by atoms with Gasteiger partial charge in [-0.3, -0.25) is 9.80 Å². The highest BCUT2D eigenvalue weighted by Crippen LogP contribution is 2.25. The highest BCUT2D eigenvalue weighted by molar-refractivity contribution is 5.92. The van der Waals surface area contributed by atoms with Gasteiger partial charge in [-0.2, -0.15) is 0 Å². The number of amides is 2. The van der Waals surface area contributed by atoms with Gasteiger partial charge in [-0.05, 0) is 24.3 Å². The van der Waals surface area contributed by atoms with Gasteiger partial charge < -0.3 is 15.2 Å². The summed E-state index contributed by atoms with van der Waals surface area (Å²) >= 11 is 0. The van der Waals surface area contributed by atoms with Crippen LogP contribution in [0.3, 0.4) is 0 Å². The molecule has 20 heavy (non-hydrogen) atoms. The number of rotatable bonds is 3. The molecule has 1 aromatic rings. The van der Waals surface area contributed by atoms with E-state index in [1.807, 2.05) is 0 Å². The van der Waals surface area contributed by atoms with E-state index < -0.39 is 6.09 Å². The minimum atomic E-state index is -0.395. The second-order valence-electron chi connectivity index (χ2n) is 4.63. The first kappa shape index (κ1) is 12.7. The molecule has 1 aromatic carbocycles. The Morgan fingerprint density at radius 2 is 1.75 bits per heavy atom. The summed E-state index contributed by atoms with van der Waals surface area (Å²) in [6.07, 6.45) is -1.01. The van der Waals surface area contributed by atoms with Crippen molar-refractivity contribution in [3.8, 4) is 0 Å². The molecule has 0 aromatic heterocycles. The molecule has 2 amide bonds. The third kappa shape index (κ3) is 2.16. The van der Waals surface area contributed by atoms with Crippen LogP contribution in [0.5, 0.6) is 0 Å². The minimum absolute atomic E-state index is 0.268. The lowest BCUT2D eigenvalue weighted by atomic mass is 10.2.